The van der Waals surface area contributed by atoms with Gasteiger partial charge in [-0.2, -0.15) is 18.3 Å². The van der Waals surface area contributed by atoms with Gasteiger partial charge in [-0.1, -0.05) is 30.3 Å². The predicted molar refractivity (Wildman–Crippen MR) is 97.3 cm³/mol. The van der Waals surface area contributed by atoms with Gasteiger partial charge in [0.2, 0.25) is 5.88 Å². The van der Waals surface area contributed by atoms with Crippen molar-refractivity contribution in [1.82, 2.24) is 10.4 Å². The van der Waals surface area contributed by atoms with Gasteiger partial charge in [0.05, 0.1) is 11.8 Å². The van der Waals surface area contributed by atoms with Crippen molar-refractivity contribution >= 4 is 12.1 Å². The molecule has 0 unspecified atom stereocenters. The number of para-hydroxylation sites is 1. The lowest BCUT2D eigenvalue weighted by atomic mass is 10.1. The van der Waals surface area contributed by atoms with Gasteiger partial charge in [0, 0.05) is 6.20 Å². The number of ether oxygens (including phenoxy) is 1. The smallest absolute Gasteiger partial charge is 0.416 e. The summed E-state index contributed by atoms with van der Waals surface area (Å²) in [6.45, 7) is 0. The van der Waals surface area contributed by atoms with Gasteiger partial charge in [-0.25, -0.2) is 10.4 Å². The van der Waals surface area contributed by atoms with Crippen molar-refractivity contribution in [3.8, 4) is 11.6 Å². The number of hydrogen-bond donors (Lipinski definition) is 1. The van der Waals surface area contributed by atoms with Gasteiger partial charge in [0.15, 0.2) is 0 Å². The van der Waals surface area contributed by atoms with Crippen molar-refractivity contribution in [3.05, 3.63) is 89.6 Å². The number of hydrogen-bond acceptors (Lipinski definition) is 4. The first-order chi connectivity index (χ1) is 13.4. The van der Waals surface area contributed by atoms with Gasteiger partial charge >= 0.3 is 6.18 Å². The van der Waals surface area contributed by atoms with Crippen LogP contribution in [0.3, 0.4) is 0 Å². The van der Waals surface area contributed by atoms with E-state index in [1.165, 1.54) is 24.4 Å². The molecule has 0 bridgehead atoms. The second kappa shape index (κ2) is 8.34. The third-order valence-electron chi connectivity index (χ3n) is 3.57. The number of benzene rings is 2. The van der Waals surface area contributed by atoms with E-state index >= 15 is 0 Å². The van der Waals surface area contributed by atoms with Crippen molar-refractivity contribution in [2.75, 3.05) is 0 Å². The molecule has 0 aliphatic carbocycles. The van der Waals surface area contributed by atoms with Gasteiger partial charge in [-0.3, -0.25) is 4.79 Å². The second-order valence-electron chi connectivity index (χ2n) is 5.59. The lowest BCUT2D eigenvalue weighted by molar-refractivity contribution is -0.137. The molecule has 0 aliphatic heterocycles. The molecule has 0 atom stereocenters. The van der Waals surface area contributed by atoms with E-state index < -0.39 is 17.6 Å². The Bertz CT molecular complexity index is 989. The van der Waals surface area contributed by atoms with E-state index in [2.05, 4.69) is 15.5 Å². The zero-order valence-electron chi connectivity index (χ0n) is 14.4. The van der Waals surface area contributed by atoms with Crippen molar-refractivity contribution in [3.63, 3.8) is 0 Å². The average molecular weight is 385 g/mol. The number of amides is 1. The molecular formula is C20H14F3N3O2. The molecule has 1 N–H and O–H groups in total. The van der Waals surface area contributed by atoms with Crippen LogP contribution in [0.5, 0.6) is 11.6 Å². The van der Waals surface area contributed by atoms with E-state index in [4.69, 9.17) is 4.74 Å². The largest absolute Gasteiger partial charge is 0.438 e. The Kier molecular flexibility index (Phi) is 5.69. The van der Waals surface area contributed by atoms with E-state index in [1.54, 1.807) is 30.3 Å². The second-order valence-corrected chi connectivity index (χ2v) is 5.59. The summed E-state index contributed by atoms with van der Waals surface area (Å²) < 4.78 is 43.8. The fraction of sp³-hybridized carbons (Fsp3) is 0.0500. The summed E-state index contributed by atoms with van der Waals surface area (Å²) in [6, 6.07) is 16.4. The number of aromatic nitrogens is 1. The van der Waals surface area contributed by atoms with Crippen molar-refractivity contribution in [2.24, 2.45) is 5.10 Å². The number of rotatable bonds is 5. The van der Waals surface area contributed by atoms with Crippen LogP contribution in [0.15, 0.2) is 78.0 Å². The molecule has 2 aromatic carbocycles. The summed E-state index contributed by atoms with van der Waals surface area (Å²) in [6.07, 6.45) is -1.85. The quantitative estimate of drug-likeness (QED) is 0.513. The summed E-state index contributed by atoms with van der Waals surface area (Å²) >= 11 is 0. The van der Waals surface area contributed by atoms with Gasteiger partial charge < -0.3 is 4.74 Å². The van der Waals surface area contributed by atoms with Crippen LogP contribution in [0.25, 0.3) is 0 Å². The molecule has 28 heavy (non-hydrogen) atoms. The van der Waals surface area contributed by atoms with Crippen LogP contribution in [0, 0.1) is 0 Å². The molecule has 142 valence electrons. The zero-order valence-corrected chi connectivity index (χ0v) is 14.4. The fourth-order valence-corrected chi connectivity index (χ4v) is 2.27. The first-order valence-corrected chi connectivity index (χ1v) is 8.12. The molecular weight excluding hydrogens is 371 g/mol. The van der Waals surface area contributed by atoms with E-state index in [-0.39, 0.29) is 17.0 Å². The molecule has 1 amide bonds. The maximum atomic E-state index is 12.7. The van der Waals surface area contributed by atoms with E-state index in [1.807, 2.05) is 6.07 Å². The number of carbonyl (C=O) groups is 1. The minimum absolute atomic E-state index is 0.0838. The molecule has 1 heterocycles. The Morgan fingerprint density at radius 3 is 2.57 bits per heavy atom. The SMILES string of the molecule is O=C(N/N=C/c1cccc(C(F)(F)F)c1)c1cccnc1Oc1ccccc1. The fourth-order valence-electron chi connectivity index (χ4n) is 2.27. The number of hydrazone groups is 1. The Morgan fingerprint density at radius 1 is 1.04 bits per heavy atom. The standard InChI is InChI=1S/C20H14F3N3O2/c21-20(22,23)15-7-4-6-14(12-15)13-25-26-18(27)17-10-5-11-24-19(17)28-16-8-2-1-3-9-16/h1-13H,(H,26,27)/b25-13+. The maximum Gasteiger partial charge on any atom is 0.416 e. The van der Waals surface area contributed by atoms with Crippen molar-refractivity contribution < 1.29 is 22.7 Å². The summed E-state index contributed by atoms with van der Waals surface area (Å²) in [4.78, 5) is 16.4. The normalized spacial score (nSPS) is 11.4. The maximum absolute atomic E-state index is 12.7. The first-order valence-electron chi connectivity index (χ1n) is 8.12. The topological polar surface area (TPSA) is 63.6 Å². The molecule has 3 aromatic rings. The Hall–Kier alpha value is -3.68. The number of nitrogens with zero attached hydrogens (tertiary/aromatic N) is 2. The Labute approximate surface area is 158 Å². The van der Waals surface area contributed by atoms with Gasteiger partial charge in [-0.05, 0) is 42.0 Å². The number of alkyl halides is 3. The van der Waals surface area contributed by atoms with Crippen molar-refractivity contribution in [2.45, 2.75) is 6.18 Å². The molecule has 8 heteroatoms. The zero-order chi connectivity index (χ0) is 20.0. The van der Waals surface area contributed by atoms with Gasteiger partial charge in [0.25, 0.3) is 5.91 Å². The van der Waals surface area contributed by atoms with Crippen LogP contribution in [0.4, 0.5) is 13.2 Å². The van der Waals surface area contributed by atoms with Crippen molar-refractivity contribution in [1.29, 1.82) is 0 Å². The van der Waals surface area contributed by atoms with Gasteiger partial charge in [0.1, 0.15) is 11.3 Å². The third-order valence-corrected chi connectivity index (χ3v) is 3.57. The van der Waals surface area contributed by atoms with E-state index in [0.29, 0.717) is 5.75 Å². The third kappa shape index (κ3) is 4.94. The van der Waals surface area contributed by atoms with E-state index in [0.717, 1.165) is 18.3 Å². The molecule has 0 aliphatic rings. The van der Waals surface area contributed by atoms with Crippen LogP contribution in [0.2, 0.25) is 0 Å². The van der Waals surface area contributed by atoms with Gasteiger partial charge in [-0.15, -0.1) is 0 Å². The summed E-state index contributed by atoms with van der Waals surface area (Å²) in [7, 11) is 0. The summed E-state index contributed by atoms with van der Waals surface area (Å²) in [5.74, 6) is -0.0227. The Morgan fingerprint density at radius 2 is 1.82 bits per heavy atom. The molecule has 0 saturated heterocycles. The molecule has 0 radical (unpaired) electrons. The minimum Gasteiger partial charge on any atom is -0.438 e. The number of halogens is 3. The summed E-state index contributed by atoms with van der Waals surface area (Å²) in [5.41, 5.74) is 1.79. The first kappa shape index (κ1) is 19.1. The highest BCUT2D eigenvalue weighted by Crippen LogP contribution is 2.29. The minimum atomic E-state index is -4.45. The monoisotopic (exact) mass is 385 g/mol. The highest BCUT2D eigenvalue weighted by atomic mass is 19.4. The molecule has 0 spiro atoms. The highest BCUT2D eigenvalue weighted by molar-refractivity contribution is 5.97. The number of pyridine rings is 1. The van der Waals surface area contributed by atoms with Crippen LogP contribution in [-0.4, -0.2) is 17.1 Å². The molecule has 0 saturated carbocycles. The van der Waals surface area contributed by atoms with Crippen LogP contribution < -0.4 is 10.2 Å². The number of carbonyl (C=O) groups excluding carboxylic acids is 1. The Balaban J connectivity index is 1.71. The lowest BCUT2D eigenvalue weighted by Crippen LogP contribution is -2.18. The van der Waals surface area contributed by atoms with Crippen LogP contribution in [-0.2, 0) is 6.18 Å². The van der Waals surface area contributed by atoms with Crippen LogP contribution in [0.1, 0.15) is 21.5 Å². The molecule has 0 fully saturated rings. The molecule has 5 nitrogen and oxygen atoms in total. The molecule has 1 aromatic heterocycles. The lowest BCUT2D eigenvalue weighted by Gasteiger charge is -2.08. The number of nitrogens with one attached hydrogen (secondary N) is 1. The average Bonchev–Trinajstić information content (AvgIpc) is 2.69. The molecule has 3 rings (SSSR count). The summed E-state index contributed by atoms with van der Waals surface area (Å²) in [5, 5.41) is 3.71. The predicted octanol–water partition coefficient (Wildman–Crippen LogP) is 4.66. The van der Waals surface area contributed by atoms with Crippen LogP contribution >= 0.6 is 0 Å². The van der Waals surface area contributed by atoms with E-state index in [9.17, 15) is 18.0 Å². The highest BCUT2D eigenvalue weighted by Gasteiger charge is 2.30.